The monoisotopic (exact) mass is 426 g/mol. The van der Waals surface area contributed by atoms with Crippen molar-refractivity contribution in [2.24, 2.45) is 5.92 Å². The van der Waals surface area contributed by atoms with Gasteiger partial charge in [-0.2, -0.15) is 0 Å². The number of amides is 1. The Labute approximate surface area is 180 Å². The highest BCUT2D eigenvalue weighted by atomic mass is 19.1. The van der Waals surface area contributed by atoms with Crippen LogP contribution in [0.15, 0.2) is 42.5 Å². The number of β-amino-alcohol motifs (C(OH)–C–C–N with tert-alkyl or cyclic N) is 2. The van der Waals surface area contributed by atoms with E-state index in [1.165, 1.54) is 6.07 Å². The van der Waals surface area contributed by atoms with Crippen molar-refractivity contribution in [3.8, 4) is 5.75 Å². The molecule has 4 atom stereocenters. The zero-order valence-electron chi connectivity index (χ0n) is 17.3. The average molecular weight is 426 g/mol. The summed E-state index contributed by atoms with van der Waals surface area (Å²) in [5.41, 5.74) is 0.717. The van der Waals surface area contributed by atoms with Crippen LogP contribution in [-0.4, -0.2) is 52.4 Å². The highest BCUT2D eigenvalue weighted by molar-refractivity contribution is 5.93. The van der Waals surface area contributed by atoms with Crippen LogP contribution in [0.3, 0.4) is 0 Å². The van der Waals surface area contributed by atoms with E-state index in [0.717, 1.165) is 17.7 Å². The second-order valence-electron chi connectivity index (χ2n) is 9.08. The number of aliphatic hydroxyl groups excluding tert-OH is 1. The molecule has 0 bridgehead atoms. The molecule has 0 aromatic heterocycles. The first kappa shape index (κ1) is 20.4. The molecular formula is C24H27FN2O4. The van der Waals surface area contributed by atoms with Gasteiger partial charge >= 0.3 is 0 Å². The normalized spacial score (nSPS) is 28.7. The van der Waals surface area contributed by atoms with E-state index in [4.69, 9.17) is 4.74 Å². The van der Waals surface area contributed by atoms with Gasteiger partial charge in [0.15, 0.2) is 0 Å². The molecule has 1 saturated heterocycles. The molecule has 1 unspecified atom stereocenters. The van der Waals surface area contributed by atoms with Crippen molar-refractivity contribution in [2.45, 2.75) is 43.5 Å². The number of hydrogen-bond donors (Lipinski definition) is 3. The Morgan fingerprint density at radius 1 is 1.26 bits per heavy atom. The number of anilines is 1. The van der Waals surface area contributed by atoms with E-state index in [1.54, 1.807) is 6.07 Å². The van der Waals surface area contributed by atoms with Crippen LogP contribution in [-0.2, 0) is 11.2 Å². The maximum Gasteiger partial charge on any atom is 0.224 e. The van der Waals surface area contributed by atoms with Crippen LogP contribution in [0.2, 0.25) is 0 Å². The number of ether oxygens (including phenoxy) is 1. The van der Waals surface area contributed by atoms with E-state index in [-0.39, 0.29) is 30.0 Å². The Hall–Kier alpha value is -2.48. The molecule has 2 aromatic carbocycles. The molecule has 3 N–H and O–H groups in total. The summed E-state index contributed by atoms with van der Waals surface area (Å²) in [6, 6.07) is 12.6. The second kappa shape index (κ2) is 7.89. The minimum Gasteiger partial charge on any atom is -0.490 e. The SMILES string of the molecule is O=C1CCc2cc(C(O)CN3C[C@H]4C[C@H](Oc5ccccc5)C[C@@]4(O)C3)c(F)cc2N1. The number of aliphatic hydroxyl groups is 2. The van der Waals surface area contributed by atoms with Gasteiger partial charge in [0.2, 0.25) is 5.91 Å². The van der Waals surface area contributed by atoms with Crippen LogP contribution in [0.25, 0.3) is 0 Å². The topological polar surface area (TPSA) is 82.0 Å². The van der Waals surface area contributed by atoms with Gasteiger partial charge in [0.05, 0.1) is 11.7 Å². The molecule has 2 aliphatic heterocycles. The molecule has 2 heterocycles. The van der Waals surface area contributed by atoms with Gasteiger partial charge in [-0.05, 0) is 42.7 Å². The lowest BCUT2D eigenvalue weighted by atomic mass is 9.95. The van der Waals surface area contributed by atoms with Gasteiger partial charge in [-0.1, -0.05) is 18.2 Å². The number of nitrogens with one attached hydrogen (secondary N) is 1. The molecule has 1 amide bonds. The van der Waals surface area contributed by atoms with Gasteiger partial charge < -0.3 is 20.3 Å². The third-order valence-electron chi connectivity index (χ3n) is 6.82. The Bertz CT molecular complexity index is 985. The number of benzene rings is 2. The molecule has 3 aliphatic rings. The predicted molar refractivity (Wildman–Crippen MR) is 113 cm³/mol. The number of hydrogen-bond acceptors (Lipinski definition) is 5. The first-order valence-electron chi connectivity index (χ1n) is 10.9. The molecule has 5 rings (SSSR count). The van der Waals surface area contributed by atoms with Crippen LogP contribution in [0.5, 0.6) is 5.75 Å². The first-order valence-corrected chi connectivity index (χ1v) is 10.9. The molecular weight excluding hydrogens is 399 g/mol. The van der Waals surface area contributed by atoms with Crippen molar-refractivity contribution in [1.29, 1.82) is 0 Å². The van der Waals surface area contributed by atoms with Crippen LogP contribution >= 0.6 is 0 Å². The minimum absolute atomic E-state index is 0.0298. The van der Waals surface area contributed by atoms with E-state index in [2.05, 4.69) is 5.32 Å². The van der Waals surface area contributed by atoms with Crippen molar-refractivity contribution in [1.82, 2.24) is 4.90 Å². The van der Waals surface area contributed by atoms with Gasteiger partial charge in [-0.25, -0.2) is 4.39 Å². The fraction of sp³-hybridized carbons (Fsp3) is 0.458. The molecule has 31 heavy (non-hydrogen) atoms. The molecule has 6 nitrogen and oxygen atoms in total. The standard InChI is InChI=1S/C24H27FN2O4/c25-20-10-21-15(6-7-23(29)26-21)8-19(20)22(28)13-27-12-16-9-18(11-24(16,30)14-27)31-17-4-2-1-3-5-17/h1-5,8,10,16,18,22,28,30H,6-7,9,11-14H2,(H,26,29)/t16-,18+,22?,24-/m1/s1. The molecule has 2 aromatic rings. The van der Waals surface area contributed by atoms with Gasteiger partial charge in [0.25, 0.3) is 0 Å². The smallest absolute Gasteiger partial charge is 0.224 e. The number of rotatable bonds is 5. The quantitative estimate of drug-likeness (QED) is 0.685. The van der Waals surface area contributed by atoms with E-state index in [9.17, 15) is 19.4 Å². The summed E-state index contributed by atoms with van der Waals surface area (Å²) in [6.45, 7) is 1.34. The summed E-state index contributed by atoms with van der Waals surface area (Å²) < 4.78 is 20.6. The number of halogens is 1. The first-order chi connectivity index (χ1) is 14.9. The molecule has 2 fully saturated rings. The van der Waals surface area contributed by atoms with Crippen molar-refractivity contribution < 1.29 is 24.1 Å². The Morgan fingerprint density at radius 3 is 2.84 bits per heavy atom. The largest absolute Gasteiger partial charge is 0.490 e. The minimum atomic E-state index is -0.998. The molecule has 1 saturated carbocycles. The lowest BCUT2D eigenvalue weighted by molar-refractivity contribution is -0.116. The van der Waals surface area contributed by atoms with Crippen LogP contribution in [0.4, 0.5) is 10.1 Å². The number of likely N-dealkylation sites (tertiary alicyclic amines) is 1. The van der Waals surface area contributed by atoms with Crippen molar-refractivity contribution in [3.05, 3.63) is 59.4 Å². The molecule has 0 radical (unpaired) electrons. The van der Waals surface area contributed by atoms with Crippen LogP contribution in [0, 0.1) is 11.7 Å². The number of para-hydroxylation sites is 1. The maximum absolute atomic E-state index is 14.6. The van der Waals surface area contributed by atoms with Crippen molar-refractivity contribution in [2.75, 3.05) is 25.0 Å². The van der Waals surface area contributed by atoms with Gasteiger partial charge in [0, 0.05) is 49.6 Å². The zero-order chi connectivity index (χ0) is 21.6. The maximum atomic E-state index is 14.6. The summed E-state index contributed by atoms with van der Waals surface area (Å²) in [6.07, 6.45) is 1.17. The molecule has 0 spiro atoms. The van der Waals surface area contributed by atoms with E-state index in [1.807, 2.05) is 35.2 Å². The van der Waals surface area contributed by atoms with Crippen LogP contribution < -0.4 is 10.1 Å². The highest BCUT2D eigenvalue weighted by Crippen LogP contribution is 2.43. The third-order valence-corrected chi connectivity index (χ3v) is 6.82. The molecule has 7 heteroatoms. The Balaban J connectivity index is 1.22. The third kappa shape index (κ3) is 4.05. The summed E-state index contributed by atoms with van der Waals surface area (Å²) in [7, 11) is 0. The van der Waals surface area contributed by atoms with E-state index < -0.39 is 17.5 Å². The number of fused-ring (bicyclic) bond motifs is 2. The van der Waals surface area contributed by atoms with Gasteiger partial charge in [-0.3, -0.25) is 9.69 Å². The van der Waals surface area contributed by atoms with E-state index in [0.29, 0.717) is 38.0 Å². The Morgan fingerprint density at radius 2 is 2.06 bits per heavy atom. The second-order valence-corrected chi connectivity index (χ2v) is 9.08. The number of carbonyl (C=O) groups excluding carboxylic acids is 1. The summed E-state index contributed by atoms with van der Waals surface area (Å²) in [5.74, 6) is 0.230. The lowest BCUT2D eigenvalue weighted by Crippen LogP contribution is -2.36. The summed E-state index contributed by atoms with van der Waals surface area (Å²) in [4.78, 5) is 13.5. The van der Waals surface area contributed by atoms with Crippen LogP contribution in [0.1, 0.15) is 36.5 Å². The summed E-state index contributed by atoms with van der Waals surface area (Å²) in [5, 5.41) is 24.6. The van der Waals surface area contributed by atoms with Gasteiger partial charge in [-0.15, -0.1) is 0 Å². The zero-order valence-corrected chi connectivity index (χ0v) is 17.3. The van der Waals surface area contributed by atoms with Crippen molar-refractivity contribution >= 4 is 11.6 Å². The Kier molecular flexibility index (Phi) is 5.20. The predicted octanol–water partition coefficient (Wildman–Crippen LogP) is 2.65. The average Bonchev–Trinajstić information content (AvgIpc) is 3.18. The molecule has 1 aliphatic carbocycles. The van der Waals surface area contributed by atoms with Gasteiger partial charge in [0.1, 0.15) is 17.7 Å². The van der Waals surface area contributed by atoms with Crippen molar-refractivity contribution in [3.63, 3.8) is 0 Å². The number of carbonyl (C=O) groups is 1. The fourth-order valence-electron chi connectivity index (χ4n) is 5.32. The molecule has 164 valence electrons. The lowest BCUT2D eigenvalue weighted by Gasteiger charge is -2.26. The highest BCUT2D eigenvalue weighted by Gasteiger charge is 2.52. The fourth-order valence-corrected chi connectivity index (χ4v) is 5.32. The number of aryl methyl sites for hydroxylation is 1. The number of nitrogens with zero attached hydrogens (tertiary/aromatic N) is 1. The summed E-state index contributed by atoms with van der Waals surface area (Å²) >= 11 is 0. The van der Waals surface area contributed by atoms with E-state index >= 15 is 0 Å².